The third kappa shape index (κ3) is 7.48. The third-order valence-electron chi connectivity index (χ3n) is 9.99. The topological polar surface area (TPSA) is 204 Å². The SMILES string of the molecule is Cc1cn([C@H]2C[C@H](OP(=O)(OC[C@H]3O[C@@H](n4cc(C)c(=O)[nH]c4=O)C[C@@H]3O)SCC[N+]34CCC(CC3)CC4)[C@@H](CO)O2)c(=O)[nH]c1=O. The second-order valence-corrected chi connectivity index (χ2v) is 17.3. The molecule has 0 aromatic carbocycles. The van der Waals surface area contributed by atoms with Crippen LogP contribution in [0, 0.1) is 19.8 Å². The van der Waals surface area contributed by atoms with Gasteiger partial charge in [0.05, 0.1) is 51.2 Å². The van der Waals surface area contributed by atoms with Crippen LogP contribution in [-0.4, -0.2) is 103 Å². The van der Waals surface area contributed by atoms with Crippen LogP contribution >= 0.6 is 18.2 Å². The molecule has 0 amide bonds. The molecular formula is C29H43N5O11PS+. The summed E-state index contributed by atoms with van der Waals surface area (Å²) < 4.78 is 41.8. The molecule has 18 heteroatoms. The number of piperidine rings is 3. The number of nitrogens with one attached hydrogen (secondary N) is 2. The van der Waals surface area contributed by atoms with Gasteiger partial charge in [0, 0.05) is 36.4 Å². The Morgan fingerprint density at radius 2 is 1.49 bits per heavy atom. The van der Waals surface area contributed by atoms with Crippen molar-refractivity contribution in [2.24, 2.45) is 5.92 Å². The van der Waals surface area contributed by atoms with Gasteiger partial charge >= 0.3 is 18.2 Å². The van der Waals surface area contributed by atoms with Gasteiger partial charge in [0.1, 0.15) is 30.8 Å². The summed E-state index contributed by atoms with van der Waals surface area (Å²) in [6, 6.07) is 0. The smallest absolute Gasteiger partial charge is 0.389 e. The second kappa shape index (κ2) is 13.9. The van der Waals surface area contributed by atoms with Crippen LogP contribution in [-0.2, 0) is 23.1 Å². The number of H-pyrrole nitrogens is 2. The number of ether oxygens (including phenoxy) is 2. The van der Waals surface area contributed by atoms with Gasteiger partial charge < -0.3 is 24.2 Å². The molecule has 4 N–H and O–H groups in total. The van der Waals surface area contributed by atoms with E-state index in [-0.39, 0.29) is 19.4 Å². The molecule has 5 aliphatic rings. The van der Waals surface area contributed by atoms with E-state index in [0.29, 0.717) is 16.9 Å². The molecular weight excluding hydrogens is 657 g/mol. The average Bonchev–Trinajstić information content (AvgIpc) is 3.62. The molecule has 47 heavy (non-hydrogen) atoms. The van der Waals surface area contributed by atoms with E-state index in [9.17, 15) is 34.0 Å². The van der Waals surface area contributed by atoms with E-state index in [0.717, 1.165) is 48.0 Å². The lowest BCUT2D eigenvalue weighted by Crippen LogP contribution is -2.59. The Morgan fingerprint density at radius 3 is 2.06 bits per heavy atom. The summed E-state index contributed by atoms with van der Waals surface area (Å²) in [6.45, 7) is 2.35. The molecule has 1 unspecified atom stereocenters. The molecule has 2 aromatic rings. The minimum Gasteiger partial charge on any atom is -0.394 e. The van der Waals surface area contributed by atoms with Crippen LogP contribution in [0.25, 0.3) is 0 Å². The number of nitrogens with zero attached hydrogens (tertiary/aromatic N) is 3. The third-order valence-corrected chi connectivity index (χ3v) is 13.7. The number of rotatable bonds is 12. The van der Waals surface area contributed by atoms with Crippen molar-refractivity contribution >= 4 is 18.2 Å². The molecule has 7 heterocycles. The van der Waals surface area contributed by atoms with Crippen molar-refractivity contribution in [3.05, 3.63) is 65.2 Å². The maximum Gasteiger partial charge on any atom is 0.389 e. The van der Waals surface area contributed by atoms with Gasteiger partial charge in [-0.2, -0.15) is 0 Å². The number of aliphatic hydroxyl groups is 2. The Balaban J connectivity index is 1.17. The number of aryl methyl sites for hydroxylation is 2. The van der Waals surface area contributed by atoms with E-state index in [2.05, 4.69) is 9.97 Å². The van der Waals surface area contributed by atoms with Crippen molar-refractivity contribution in [3.8, 4) is 0 Å². The van der Waals surface area contributed by atoms with E-state index in [1.165, 1.54) is 40.8 Å². The van der Waals surface area contributed by atoms with Crippen LogP contribution in [0.2, 0.25) is 0 Å². The number of hydrogen-bond donors (Lipinski definition) is 4. The molecule has 5 aliphatic heterocycles. The average molecular weight is 701 g/mol. The lowest BCUT2D eigenvalue weighted by atomic mass is 9.86. The van der Waals surface area contributed by atoms with E-state index in [1.807, 2.05) is 0 Å². The largest absolute Gasteiger partial charge is 0.394 e. The Labute approximate surface area is 273 Å². The van der Waals surface area contributed by atoms with Gasteiger partial charge in [-0.25, -0.2) is 14.2 Å². The first-order valence-electron chi connectivity index (χ1n) is 16.0. The Kier molecular flexibility index (Phi) is 10.2. The highest BCUT2D eigenvalue weighted by atomic mass is 32.7. The standard InChI is InChI=1S/C29H42N5O11PS/c1-17-13-32(28(39)30-26(17)37)24-11-20(36)23(44-24)16-42-46(41,47-10-9-34-6-3-19(4-7-34)5-8-34)45-21-12-25(43-22(21)15-35)33-14-18(2)27(38)31-29(33)40/h13-14,19-25,35-36H,3-12,15-16H2,1-2H3,(H-,30,31,37,38,39,40)/p+1/t19?,20-,21-,22+,23+,24+,25+,34?,46?/m0/s1. The van der Waals surface area contributed by atoms with Crippen LogP contribution in [0.5, 0.6) is 0 Å². The predicted molar refractivity (Wildman–Crippen MR) is 170 cm³/mol. The van der Waals surface area contributed by atoms with Crippen LogP contribution in [0.1, 0.15) is 55.7 Å². The highest BCUT2D eigenvalue weighted by Crippen LogP contribution is 2.63. The van der Waals surface area contributed by atoms with Crippen molar-refractivity contribution in [3.63, 3.8) is 0 Å². The molecule has 7 atom stereocenters. The zero-order valence-electron chi connectivity index (χ0n) is 26.4. The molecule has 260 valence electrons. The molecule has 2 bridgehead atoms. The van der Waals surface area contributed by atoms with Gasteiger partial charge in [-0.1, -0.05) is 0 Å². The molecule has 5 saturated heterocycles. The first-order chi connectivity index (χ1) is 22.4. The summed E-state index contributed by atoms with van der Waals surface area (Å²) in [4.78, 5) is 53.2. The minimum atomic E-state index is -3.99. The maximum absolute atomic E-state index is 14.5. The summed E-state index contributed by atoms with van der Waals surface area (Å²) >= 11 is 1.05. The van der Waals surface area contributed by atoms with E-state index >= 15 is 0 Å². The molecule has 0 spiro atoms. The van der Waals surface area contributed by atoms with Gasteiger partial charge in [-0.15, -0.1) is 0 Å². The zero-order valence-corrected chi connectivity index (χ0v) is 28.2. The second-order valence-electron chi connectivity index (χ2n) is 13.1. The molecule has 5 fully saturated rings. The molecule has 2 aromatic heterocycles. The Hall–Kier alpha value is -2.34. The lowest BCUT2D eigenvalue weighted by molar-refractivity contribution is -0.940. The first kappa shape index (κ1) is 34.5. The summed E-state index contributed by atoms with van der Waals surface area (Å²) in [7, 11) is 0. The number of aromatic amines is 2. The quantitative estimate of drug-likeness (QED) is 0.177. The van der Waals surface area contributed by atoms with Gasteiger partial charge in [-0.05, 0) is 50.4 Å². The molecule has 7 rings (SSSR count). The van der Waals surface area contributed by atoms with Gasteiger partial charge in [0.25, 0.3) is 11.1 Å². The summed E-state index contributed by atoms with van der Waals surface area (Å²) in [6.07, 6.45) is 0.723. The van der Waals surface area contributed by atoms with Crippen LogP contribution in [0.4, 0.5) is 0 Å². The van der Waals surface area contributed by atoms with Crippen molar-refractivity contribution < 1.29 is 37.8 Å². The van der Waals surface area contributed by atoms with Crippen LogP contribution in [0.3, 0.4) is 0 Å². The van der Waals surface area contributed by atoms with Gasteiger partial charge in [-0.3, -0.25) is 37.7 Å². The molecule has 0 aliphatic carbocycles. The number of aliphatic hydroxyl groups excluding tert-OH is 2. The van der Waals surface area contributed by atoms with E-state index in [4.69, 9.17) is 18.5 Å². The van der Waals surface area contributed by atoms with Gasteiger partial charge in [0.15, 0.2) is 0 Å². The normalized spacial score (nSPS) is 33.3. The highest BCUT2D eigenvalue weighted by Gasteiger charge is 2.45. The van der Waals surface area contributed by atoms with Crippen molar-refractivity contribution in [1.29, 1.82) is 0 Å². The number of quaternary nitrogens is 1. The monoisotopic (exact) mass is 700 g/mol. The fourth-order valence-electron chi connectivity index (χ4n) is 7.03. The number of hydrogen-bond acceptors (Lipinski definition) is 12. The highest BCUT2D eigenvalue weighted by molar-refractivity contribution is 8.55. The van der Waals surface area contributed by atoms with Gasteiger partial charge in [0.2, 0.25) is 0 Å². The van der Waals surface area contributed by atoms with E-state index in [1.54, 1.807) is 13.8 Å². The van der Waals surface area contributed by atoms with Crippen LogP contribution in [0.15, 0.2) is 31.6 Å². The summed E-state index contributed by atoms with van der Waals surface area (Å²) in [5.41, 5.74) is -1.80. The fraction of sp³-hybridized carbons (Fsp3) is 0.724. The fourth-order valence-corrected chi connectivity index (χ4v) is 10.6. The molecule has 16 nitrogen and oxygen atoms in total. The Bertz CT molecular complexity index is 1720. The number of fused-ring (bicyclic) bond motifs is 3. The maximum atomic E-state index is 14.5. The minimum absolute atomic E-state index is 0.0385. The summed E-state index contributed by atoms with van der Waals surface area (Å²) in [5, 5.41) is 20.9. The molecule has 0 radical (unpaired) electrons. The summed E-state index contributed by atoms with van der Waals surface area (Å²) in [5.74, 6) is 1.27. The van der Waals surface area contributed by atoms with Crippen molar-refractivity contribution in [1.82, 2.24) is 19.1 Å². The van der Waals surface area contributed by atoms with Crippen molar-refractivity contribution in [2.45, 2.75) is 82.8 Å². The molecule has 0 saturated carbocycles. The lowest BCUT2D eigenvalue weighted by Gasteiger charge is -2.49. The Morgan fingerprint density at radius 1 is 0.936 bits per heavy atom. The van der Waals surface area contributed by atoms with Crippen molar-refractivity contribution in [2.75, 3.05) is 45.1 Å². The number of aromatic nitrogens is 4. The van der Waals surface area contributed by atoms with E-state index < -0.39 is 72.8 Å². The first-order valence-corrected chi connectivity index (χ1v) is 19.2. The zero-order chi connectivity index (χ0) is 33.5. The van der Waals surface area contributed by atoms with Crippen LogP contribution < -0.4 is 22.5 Å². The predicted octanol–water partition coefficient (Wildman–Crippen LogP) is 0.505.